The number of hydrogen-bond acceptors (Lipinski definition) is 4. The third kappa shape index (κ3) is 2.11. The summed E-state index contributed by atoms with van der Waals surface area (Å²) in [5.74, 6) is -0.455. The van der Waals surface area contributed by atoms with E-state index < -0.39 is 15.8 Å². The minimum absolute atomic E-state index is 0.0645. The van der Waals surface area contributed by atoms with Gasteiger partial charge in [0.25, 0.3) is 10.0 Å². The molecule has 0 fully saturated rings. The van der Waals surface area contributed by atoms with E-state index in [0.29, 0.717) is 18.7 Å². The first-order valence-electron chi connectivity index (χ1n) is 5.41. The highest BCUT2D eigenvalue weighted by atomic mass is 35.5. The number of fused-ring (bicyclic) bond motifs is 1. The molecule has 4 nitrogen and oxygen atoms in total. The maximum absolute atomic E-state index is 13.3. The van der Waals surface area contributed by atoms with E-state index in [1.165, 1.54) is 22.6 Å². The Hall–Kier alpha value is -1.18. The average Bonchev–Trinajstić information content (AvgIpc) is 2.95. The molecule has 0 N–H and O–H groups in total. The van der Waals surface area contributed by atoms with Crippen LogP contribution in [0.25, 0.3) is 0 Å². The molecule has 2 heterocycles. The fourth-order valence-corrected chi connectivity index (χ4v) is 4.94. The van der Waals surface area contributed by atoms with E-state index >= 15 is 0 Å². The van der Waals surface area contributed by atoms with Gasteiger partial charge in [0.1, 0.15) is 5.82 Å². The van der Waals surface area contributed by atoms with Crippen LogP contribution in [0.4, 0.5) is 10.1 Å². The van der Waals surface area contributed by atoms with E-state index in [2.05, 4.69) is 4.98 Å². The third-order valence-electron chi connectivity index (χ3n) is 2.90. The first kappa shape index (κ1) is 12.8. The van der Waals surface area contributed by atoms with Gasteiger partial charge in [-0.15, -0.1) is 0 Å². The van der Waals surface area contributed by atoms with E-state index in [4.69, 9.17) is 11.6 Å². The minimum atomic E-state index is -3.71. The van der Waals surface area contributed by atoms with Crippen molar-refractivity contribution in [3.05, 3.63) is 40.2 Å². The van der Waals surface area contributed by atoms with Crippen molar-refractivity contribution in [2.75, 3.05) is 10.8 Å². The lowest BCUT2D eigenvalue weighted by Gasteiger charge is -2.18. The van der Waals surface area contributed by atoms with Crippen molar-refractivity contribution in [1.29, 1.82) is 0 Å². The molecule has 0 bridgehead atoms. The highest BCUT2D eigenvalue weighted by molar-refractivity contribution is 7.94. The summed E-state index contributed by atoms with van der Waals surface area (Å²) in [6.07, 6.45) is 1.79. The van der Waals surface area contributed by atoms with Crippen molar-refractivity contribution in [2.24, 2.45) is 0 Å². The molecule has 1 aromatic carbocycles. The molecule has 1 aliphatic rings. The Kier molecular flexibility index (Phi) is 2.99. The smallest absolute Gasteiger partial charge is 0.265 e. The second kappa shape index (κ2) is 4.43. The number of anilines is 1. The number of nitrogens with zero attached hydrogens (tertiary/aromatic N) is 2. The first-order valence-corrected chi connectivity index (χ1v) is 8.04. The van der Waals surface area contributed by atoms with Crippen LogP contribution >= 0.6 is 22.9 Å². The molecule has 8 heteroatoms. The van der Waals surface area contributed by atoms with Crippen molar-refractivity contribution < 1.29 is 12.8 Å². The molecule has 0 radical (unpaired) electrons. The van der Waals surface area contributed by atoms with Gasteiger partial charge < -0.3 is 0 Å². The molecule has 2 aromatic rings. The number of aromatic nitrogens is 1. The van der Waals surface area contributed by atoms with E-state index in [-0.39, 0.29) is 8.68 Å². The summed E-state index contributed by atoms with van der Waals surface area (Å²) in [4.78, 5) is 3.73. The molecule has 0 atom stereocenters. The highest BCUT2D eigenvalue weighted by Crippen LogP contribution is 2.35. The molecule has 19 heavy (non-hydrogen) atoms. The van der Waals surface area contributed by atoms with E-state index in [1.54, 1.807) is 6.07 Å². The molecule has 1 aromatic heterocycles. The normalized spacial score (nSPS) is 14.7. The summed E-state index contributed by atoms with van der Waals surface area (Å²) < 4.78 is 39.6. The van der Waals surface area contributed by atoms with Crippen LogP contribution in [0.2, 0.25) is 4.47 Å². The summed E-state index contributed by atoms with van der Waals surface area (Å²) in [6.45, 7) is 0.302. The van der Waals surface area contributed by atoms with Crippen LogP contribution in [0, 0.1) is 5.82 Å². The number of thiazole rings is 1. The Morgan fingerprint density at radius 1 is 1.42 bits per heavy atom. The molecule has 0 unspecified atom stereocenters. The topological polar surface area (TPSA) is 50.3 Å². The van der Waals surface area contributed by atoms with Crippen LogP contribution < -0.4 is 4.31 Å². The lowest BCUT2D eigenvalue weighted by atomic mass is 10.2. The van der Waals surface area contributed by atoms with Crippen molar-refractivity contribution in [1.82, 2.24) is 4.98 Å². The van der Waals surface area contributed by atoms with Gasteiger partial charge in [-0.1, -0.05) is 29.0 Å². The summed E-state index contributed by atoms with van der Waals surface area (Å²) in [6, 6.07) is 4.18. The van der Waals surface area contributed by atoms with Gasteiger partial charge in [0.2, 0.25) is 0 Å². The molecule has 3 rings (SSSR count). The standard InChI is InChI=1S/C11H8ClFN2O2S2/c12-11-14-6-10(18-11)19(16,17)15-4-3-7-1-2-8(13)5-9(7)15/h1-2,5-6H,3-4H2. The second-order valence-electron chi connectivity index (χ2n) is 4.03. The Bertz CT molecular complexity index is 745. The number of halogens is 2. The van der Waals surface area contributed by atoms with Gasteiger partial charge in [-0.3, -0.25) is 4.31 Å². The van der Waals surface area contributed by atoms with Crippen molar-refractivity contribution in [2.45, 2.75) is 10.6 Å². The maximum atomic E-state index is 13.3. The van der Waals surface area contributed by atoms with Crippen LogP contribution in [0.3, 0.4) is 0 Å². The van der Waals surface area contributed by atoms with Crippen molar-refractivity contribution in [3.8, 4) is 0 Å². The molecule has 0 saturated carbocycles. The van der Waals surface area contributed by atoms with E-state index in [0.717, 1.165) is 16.9 Å². The lowest BCUT2D eigenvalue weighted by molar-refractivity contribution is 0.594. The highest BCUT2D eigenvalue weighted by Gasteiger charge is 2.32. The number of rotatable bonds is 2. The summed E-state index contributed by atoms with van der Waals surface area (Å²) >= 11 is 6.55. The Labute approximate surface area is 118 Å². The summed E-state index contributed by atoms with van der Waals surface area (Å²) in [7, 11) is -3.71. The second-order valence-corrected chi connectivity index (χ2v) is 7.73. The number of benzene rings is 1. The largest absolute Gasteiger partial charge is 0.275 e. The summed E-state index contributed by atoms with van der Waals surface area (Å²) in [5, 5.41) is 0. The predicted octanol–water partition coefficient (Wildman–Crippen LogP) is 2.69. The zero-order valence-corrected chi connectivity index (χ0v) is 11.9. The quantitative estimate of drug-likeness (QED) is 0.855. The molecule has 100 valence electrons. The monoisotopic (exact) mass is 318 g/mol. The van der Waals surface area contributed by atoms with Gasteiger partial charge in [0.05, 0.1) is 11.9 Å². The SMILES string of the molecule is O=S(=O)(c1cnc(Cl)s1)N1CCc2ccc(F)cc21. The molecule has 0 amide bonds. The third-order valence-corrected chi connectivity index (χ3v) is 6.27. The van der Waals surface area contributed by atoms with Crippen LogP contribution in [0.1, 0.15) is 5.56 Å². The zero-order chi connectivity index (χ0) is 13.6. The average molecular weight is 319 g/mol. The number of sulfonamides is 1. The van der Waals surface area contributed by atoms with Crippen LogP contribution in [-0.4, -0.2) is 19.9 Å². The summed E-state index contributed by atoms with van der Waals surface area (Å²) in [5.41, 5.74) is 1.21. The van der Waals surface area contributed by atoms with E-state index in [1.807, 2.05) is 0 Å². The molecule has 0 saturated heterocycles. The zero-order valence-electron chi connectivity index (χ0n) is 9.51. The van der Waals surface area contributed by atoms with Crippen LogP contribution in [0.15, 0.2) is 28.6 Å². The fraction of sp³-hybridized carbons (Fsp3) is 0.182. The predicted molar refractivity (Wildman–Crippen MR) is 71.8 cm³/mol. The van der Waals surface area contributed by atoms with Crippen molar-refractivity contribution in [3.63, 3.8) is 0 Å². The van der Waals surface area contributed by atoms with Crippen LogP contribution in [0.5, 0.6) is 0 Å². The van der Waals surface area contributed by atoms with Gasteiger partial charge in [-0.2, -0.15) is 0 Å². The van der Waals surface area contributed by atoms with Crippen LogP contribution in [-0.2, 0) is 16.4 Å². The fourth-order valence-electron chi connectivity index (χ4n) is 2.04. The lowest BCUT2D eigenvalue weighted by Crippen LogP contribution is -2.28. The van der Waals surface area contributed by atoms with Gasteiger partial charge in [0.15, 0.2) is 8.68 Å². The molecule has 1 aliphatic heterocycles. The molecular formula is C11H8ClFN2O2S2. The molecule has 0 spiro atoms. The van der Waals surface area contributed by atoms with Gasteiger partial charge in [-0.25, -0.2) is 17.8 Å². The number of hydrogen-bond donors (Lipinski definition) is 0. The molecule has 0 aliphatic carbocycles. The Morgan fingerprint density at radius 2 is 2.21 bits per heavy atom. The minimum Gasteiger partial charge on any atom is -0.265 e. The van der Waals surface area contributed by atoms with Gasteiger partial charge >= 0.3 is 0 Å². The Balaban J connectivity index is 2.08. The molecular weight excluding hydrogens is 311 g/mol. The Morgan fingerprint density at radius 3 is 2.89 bits per heavy atom. The first-order chi connectivity index (χ1) is 8.98. The van der Waals surface area contributed by atoms with Gasteiger partial charge in [0, 0.05) is 6.54 Å². The van der Waals surface area contributed by atoms with Crippen molar-refractivity contribution >= 4 is 38.6 Å². The van der Waals surface area contributed by atoms with Gasteiger partial charge in [-0.05, 0) is 24.1 Å². The van der Waals surface area contributed by atoms with E-state index in [9.17, 15) is 12.8 Å². The maximum Gasteiger partial charge on any atom is 0.275 e.